The molecular weight excluding hydrogens is 116 g/mol. The molecule has 0 spiro atoms. The van der Waals surface area contributed by atoms with E-state index in [4.69, 9.17) is 0 Å². The first kappa shape index (κ1) is 6.21. The average molecular weight is 128 g/mol. The molecule has 1 saturated carbocycles. The first-order valence-corrected chi connectivity index (χ1v) is 4.40. The molecule has 0 aromatic rings. The van der Waals surface area contributed by atoms with E-state index in [1.165, 1.54) is 19.3 Å². The second-order valence-electron chi connectivity index (χ2n) is 2.29. The second kappa shape index (κ2) is 3.18. The van der Waals surface area contributed by atoms with Crippen molar-refractivity contribution in [2.45, 2.75) is 19.3 Å². The Morgan fingerprint density at radius 2 is 2.38 bits per heavy atom. The highest BCUT2D eigenvalue weighted by atomic mass is 32.2. The van der Waals surface area contributed by atoms with Crippen LogP contribution in [0, 0.1) is 5.92 Å². The molecule has 0 bridgehead atoms. The predicted molar refractivity (Wildman–Crippen MR) is 40.0 cm³/mol. The minimum Gasteiger partial charge on any atom is -0.138 e. The molecule has 0 amide bonds. The summed E-state index contributed by atoms with van der Waals surface area (Å²) < 4.78 is 0. The summed E-state index contributed by atoms with van der Waals surface area (Å²) in [7, 11) is 0. The van der Waals surface area contributed by atoms with Crippen molar-refractivity contribution in [1.29, 1.82) is 0 Å². The van der Waals surface area contributed by atoms with E-state index in [1.807, 2.05) is 0 Å². The molecule has 0 atom stereocenters. The summed E-state index contributed by atoms with van der Waals surface area (Å²) in [5.41, 5.74) is 0. The van der Waals surface area contributed by atoms with Crippen molar-refractivity contribution < 1.29 is 0 Å². The number of hydrogen-bond acceptors (Lipinski definition) is 1. The average Bonchev–Trinajstić information content (AvgIpc) is 2.51. The van der Waals surface area contributed by atoms with Gasteiger partial charge in [0.15, 0.2) is 0 Å². The zero-order valence-electron chi connectivity index (χ0n) is 5.26. The van der Waals surface area contributed by atoms with Crippen LogP contribution in [0.15, 0.2) is 11.5 Å². The molecule has 46 valence electrons. The molecule has 0 radical (unpaired) electrons. The van der Waals surface area contributed by atoms with Crippen LogP contribution in [0.2, 0.25) is 0 Å². The first-order valence-electron chi connectivity index (χ1n) is 3.11. The quantitative estimate of drug-likeness (QED) is 0.563. The van der Waals surface area contributed by atoms with Crippen molar-refractivity contribution in [2.24, 2.45) is 5.92 Å². The highest BCUT2D eigenvalue weighted by Crippen LogP contribution is 2.32. The maximum Gasteiger partial charge on any atom is -0.0142 e. The minimum absolute atomic E-state index is 1.05. The fourth-order valence-electron chi connectivity index (χ4n) is 0.698. The Hall–Kier alpha value is 0.0900. The molecular formula is C7H12S. The van der Waals surface area contributed by atoms with Gasteiger partial charge in [0.25, 0.3) is 0 Å². The zero-order valence-corrected chi connectivity index (χ0v) is 6.08. The molecule has 1 aliphatic rings. The first-order chi connectivity index (χ1) is 3.93. The van der Waals surface area contributed by atoms with Crippen LogP contribution in [0.4, 0.5) is 0 Å². The van der Waals surface area contributed by atoms with Crippen LogP contribution >= 0.6 is 11.8 Å². The second-order valence-corrected chi connectivity index (χ2v) is 3.03. The monoisotopic (exact) mass is 128 g/mol. The van der Waals surface area contributed by atoms with Gasteiger partial charge < -0.3 is 0 Å². The molecule has 1 heteroatoms. The van der Waals surface area contributed by atoms with E-state index in [1.54, 1.807) is 11.8 Å². The van der Waals surface area contributed by atoms with Crippen LogP contribution in [0.1, 0.15) is 19.3 Å². The van der Waals surface area contributed by atoms with Crippen molar-refractivity contribution in [3.8, 4) is 0 Å². The molecule has 0 N–H and O–H groups in total. The maximum atomic E-state index is 2.28. The topological polar surface area (TPSA) is 0 Å². The molecule has 0 heterocycles. The molecule has 1 fully saturated rings. The van der Waals surface area contributed by atoms with Gasteiger partial charge in [-0.15, -0.1) is 11.8 Å². The van der Waals surface area contributed by atoms with E-state index >= 15 is 0 Å². The van der Waals surface area contributed by atoms with E-state index in [-0.39, 0.29) is 0 Å². The van der Waals surface area contributed by atoms with Crippen LogP contribution in [-0.2, 0) is 0 Å². The van der Waals surface area contributed by atoms with Gasteiger partial charge in [-0.05, 0) is 36.8 Å². The van der Waals surface area contributed by atoms with Gasteiger partial charge in [0.1, 0.15) is 0 Å². The molecule has 0 aromatic carbocycles. The Labute approximate surface area is 55.4 Å². The van der Waals surface area contributed by atoms with Gasteiger partial charge in [0, 0.05) is 0 Å². The molecule has 0 aromatic heterocycles. The van der Waals surface area contributed by atoms with E-state index in [2.05, 4.69) is 17.7 Å². The lowest BCUT2D eigenvalue weighted by molar-refractivity contribution is 0.864. The molecule has 0 saturated heterocycles. The molecule has 0 nitrogen and oxygen atoms in total. The Morgan fingerprint density at radius 1 is 1.62 bits per heavy atom. The van der Waals surface area contributed by atoms with Crippen LogP contribution in [0.5, 0.6) is 0 Å². The zero-order chi connectivity index (χ0) is 5.82. The predicted octanol–water partition coefficient (Wildman–Crippen LogP) is 2.66. The number of hydrogen-bond donors (Lipinski definition) is 0. The van der Waals surface area contributed by atoms with Gasteiger partial charge in [0.2, 0.25) is 0 Å². The molecule has 0 unspecified atom stereocenters. The van der Waals surface area contributed by atoms with Gasteiger partial charge in [-0.2, -0.15) is 0 Å². The third-order valence-electron chi connectivity index (χ3n) is 1.40. The van der Waals surface area contributed by atoms with Crippen molar-refractivity contribution in [1.82, 2.24) is 0 Å². The third-order valence-corrected chi connectivity index (χ3v) is 1.86. The summed E-state index contributed by atoms with van der Waals surface area (Å²) in [6, 6.07) is 0. The number of allylic oxidation sites excluding steroid dienone is 1. The van der Waals surface area contributed by atoms with Crippen LogP contribution < -0.4 is 0 Å². The Balaban J connectivity index is 1.93. The standard InChI is InChI=1S/C7H12S/c1-8-6-2-3-7-4-5-7/h2,6-7H,3-5H2,1H3/b6-2+. The summed E-state index contributed by atoms with van der Waals surface area (Å²) >= 11 is 1.79. The van der Waals surface area contributed by atoms with Crippen LogP contribution in [0.25, 0.3) is 0 Å². The minimum atomic E-state index is 1.05. The summed E-state index contributed by atoms with van der Waals surface area (Å²) in [6.07, 6.45) is 8.64. The molecule has 1 rings (SSSR count). The number of rotatable bonds is 3. The summed E-state index contributed by atoms with van der Waals surface area (Å²) in [5, 5.41) is 2.18. The lowest BCUT2D eigenvalue weighted by Crippen LogP contribution is -1.65. The van der Waals surface area contributed by atoms with Crippen LogP contribution in [0.3, 0.4) is 0 Å². The van der Waals surface area contributed by atoms with Crippen molar-refractivity contribution in [2.75, 3.05) is 6.26 Å². The summed E-state index contributed by atoms with van der Waals surface area (Å²) in [5.74, 6) is 1.05. The lowest BCUT2D eigenvalue weighted by atomic mass is 10.3. The van der Waals surface area contributed by atoms with E-state index in [0.29, 0.717) is 0 Å². The largest absolute Gasteiger partial charge is 0.138 e. The van der Waals surface area contributed by atoms with Crippen LogP contribution in [-0.4, -0.2) is 6.26 Å². The molecule has 8 heavy (non-hydrogen) atoms. The van der Waals surface area contributed by atoms with Gasteiger partial charge >= 0.3 is 0 Å². The SMILES string of the molecule is CS/C=C/CC1CC1. The maximum absolute atomic E-state index is 2.28. The lowest BCUT2D eigenvalue weighted by Gasteiger charge is -1.82. The van der Waals surface area contributed by atoms with Gasteiger partial charge in [-0.25, -0.2) is 0 Å². The summed E-state index contributed by atoms with van der Waals surface area (Å²) in [6.45, 7) is 0. The van der Waals surface area contributed by atoms with Gasteiger partial charge in [-0.3, -0.25) is 0 Å². The number of thioether (sulfide) groups is 1. The van der Waals surface area contributed by atoms with Crippen molar-refractivity contribution in [3.05, 3.63) is 11.5 Å². The summed E-state index contributed by atoms with van der Waals surface area (Å²) in [4.78, 5) is 0. The van der Waals surface area contributed by atoms with Gasteiger partial charge in [-0.1, -0.05) is 6.08 Å². The van der Waals surface area contributed by atoms with Crippen molar-refractivity contribution in [3.63, 3.8) is 0 Å². The Kier molecular flexibility index (Phi) is 2.47. The van der Waals surface area contributed by atoms with Crippen molar-refractivity contribution >= 4 is 11.8 Å². The smallest absolute Gasteiger partial charge is 0.0142 e. The highest BCUT2D eigenvalue weighted by molar-refractivity contribution is 8.01. The fraction of sp³-hybridized carbons (Fsp3) is 0.714. The third kappa shape index (κ3) is 2.41. The Bertz CT molecular complexity index is 82.4. The molecule has 1 aliphatic carbocycles. The highest BCUT2D eigenvalue weighted by Gasteiger charge is 2.18. The van der Waals surface area contributed by atoms with E-state index < -0.39 is 0 Å². The normalized spacial score (nSPS) is 20.1. The molecule has 0 aliphatic heterocycles. The van der Waals surface area contributed by atoms with Gasteiger partial charge in [0.05, 0.1) is 0 Å². The Morgan fingerprint density at radius 3 is 2.88 bits per heavy atom. The fourth-order valence-corrected chi connectivity index (χ4v) is 1.00. The van der Waals surface area contributed by atoms with E-state index in [0.717, 1.165) is 5.92 Å². The van der Waals surface area contributed by atoms with E-state index in [9.17, 15) is 0 Å².